The first-order valence-electron chi connectivity index (χ1n) is 6.43. The van der Waals surface area contributed by atoms with E-state index in [-0.39, 0.29) is 45.7 Å². The Kier molecular flexibility index (Phi) is 26.9. The fourth-order valence-corrected chi connectivity index (χ4v) is 2.17. The van der Waals surface area contributed by atoms with Crippen LogP contribution in [0.2, 0.25) is 0 Å². The van der Waals surface area contributed by atoms with Crippen molar-refractivity contribution < 1.29 is 23.3 Å². The molecule has 1 nitrogen and oxygen atoms in total. The minimum atomic E-state index is 0. The van der Waals surface area contributed by atoms with Crippen LogP contribution in [-0.4, -0.2) is 12.9 Å². The van der Waals surface area contributed by atoms with E-state index >= 15 is 0 Å². The molecule has 0 unspecified atom stereocenters. The third kappa shape index (κ3) is 12.0. The molecule has 1 N–H and O–H groups in total. The van der Waals surface area contributed by atoms with Gasteiger partial charge in [-0.3, -0.25) is 0 Å². The van der Waals surface area contributed by atoms with E-state index in [0.717, 1.165) is 12.8 Å². The molecule has 5 heteroatoms. The van der Waals surface area contributed by atoms with Crippen LogP contribution < -0.4 is 0 Å². The summed E-state index contributed by atoms with van der Waals surface area (Å²) in [7, 11) is 0. The van der Waals surface area contributed by atoms with Crippen LogP contribution in [0.1, 0.15) is 32.1 Å². The van der Waals surface area contributed by atoms with Gasteiger partial charge >= 0.3 is 30.2 Å². The summed E-state index contributed by atoms with van der Waals surface area (Å²) >= 11 is 1.36. The molecule has 2 aromatic rings. The van der Waals surface area contributed by atoms with Gasteiger partial charge in [0.05, 0.1) is 0 Å². The summed E-state index contributed by atoms with van der Waals surface area (Å²) in [4.78, 5) is 0. The Labute approximate surface area is 166 Å². The molecule has 3 rings (SSSR count). The molecule has 1 saturated carbocycles. The topological polar surface area (TPSA) is 23.8 Å². The van der Waals surface area contributed by atoms with Gasteiger partial charge in [-0.25, -0.2) is 0 Å². The van der Waals surface area contributed by atoms with Crippen molar-refractivity contribution in [1.82, 2.24) is 0 Å². The minimum absolute atomic E-state index is 0. The van der Waals surface area contributed by atoms with E-state index in [4.69, 9.17) is 5.73 Å². The Hall–Kier alpha value is 0.470. The molecular formula is C17H27Cl2NSiZr-4. The Balaban J connectivity index is -0.000000116. The number of rotatable bonds is 0. The quantitative estimate of drug-likeness (QED) is 0.343. The van der Waals surface area contributed by atoms with Crippen LogP contribution in [0, 0.1) is 14.9 Å². The van der Waals surface area contributed by atoms with Gasteiger partial charge in [-0.15, -0.1) is 60.5 Å². The summed E-state index contributed by atoms with van der Waals surface area (Å²) in [5.74, 6) is 0. The maximum atomic E-state index is 7.27. The van der Waals surface area contributed by atoms with Gasteiger partial charge in [0, 0.05) is 0 Å². The number of halogens is 2. The van der Waals surface area contributed by atoms with E-state index < -0.39 is 0 Å². The average molecular weight is 436 g/mol. The van der Waals surface area contributed by atoms with Gasteiger partial charge in [-0.1, -0.05) is 38.2 Å². The van der Waals surface area contributed by atoms with E-state index in [2.05, 4.69) is 49.3 Å². The van der Waals surface area contributed by atoms with Gasteiger partial charge in [0.25, 0.3) is 0 Å². The van der Waals surface area contributed by atoms with Crippen LogP contribution in [-0.2, 0) is 23.3 Å². The molecule has 0 aromatic heterocycles. The fraction of sp³-hybridized carbons (Fsp3) is 0.353. The maximum absolute atomic E-state index is 7.27. The second kappa shape index (κ2) is 19.5. The normalized spacial score (nSPS) is 12.4. The molecule has 0 aliphatic heterocycles. The molecule has 0 heterocycles. The van der Waals surface area contributed by atoms with Crippen molar-refractivity contribution in [2.45, 2.75) is 38.1 Å². The summed E-state index contributed by atoms with van der Waals surface area (Å²) in [6, 6.07) is 15.0. The number of benzene rings is 1. The zero-order chi connectivity index (χ0) is 13.2. The second-order valence-electron chi connectivity index (χ2n) is 4.49. The van der Waals surface area contributed by atoms with Crippen LogP contribution in [0.4, 0.5) is 0 Å². The largest absolute Gasteiger partial charge is 0.168 e. The first-order chi connectivity index (χ1) is 8.86. The van der Waals surface area contributed by atoms with Gasteiger partial charge in [0.15, 0.2) is 0 Å². The second-order valence-corrected chi connectivity index (χ2v) is 4.49. The summed E-state index contributed by atoms with van der Waals surface area (Å²) < 4.78 is 0. The Morgan fingerprint density at radius 3 is 1.95 bits per heavy atom. The Morgan fingerprint density at radius 1 is 0.955 bits per heavy atom. The molecule has 0 spiro atoms. The molecular weight excluding hydrogens is 408 g/mol. The Morgan fingerprint density at radius 2 is 1.50 bits per heavy atom. The molecule has 22 heavy (non-hydrogen) atoms. The Bertz CT molecular complexity index is 415. The van der Waals surface area contributed by atoms with E-state index in [1.807, 2.05) is 0 Å². The summed E-state index contributed by atoms with van der Waals surface area (Å²) in [5.41, 5.74) is 7.27. The van der Waals surface area contributed by atoms with Gasteiger partial charge in [0.2, 0.25) is 0 Å². The summed E-state index contributed by atoms with van der Waals surface area (Å²) in [6.07, 6.45) is 6.28. The van der Waals surface area contributed by atoms with Crippen molar-refractivity contribution in [2.24, 2.45) is 0 Å². The van der Waals surface area contributed by atoms with Gasteiger partial charge in [-0.05, 0) is 0 Å². The van der Waals surface area contributed by atoms with Crippen LogP contribution >= 0.6 is 24.8 Å². The molecule has 126 valence electrons. The monoisotopic (exact) mass is 433 g/mol. The van der Waals surface area contributed by atoms with E-state index in [1.54, 1.807) is 0 Å². The van der Waals surface area contributed by atoms with E-state index in [1.165, 1.54) is 53.4 Å². The van der Waals surface area contributed by atoms with E-state index in [0.29, 0.717) is 0 Å². The van der Waals surface area contributed by atoms with Gasteiger partial charge in [-0.2, -0.15) is 17.5 Å². The molecule has 1 aliphatic rings. The van der Waals surface area contributed by atoms with Gasteiger partial charge in [0.1, 0.15) is 0 Å². The summed E-state index contributed by atoms with van der Waals surface area (Å²) in [6.45, 7) is 3.06. The number of hydrogen-bond acceptors (Lipinski definition) is 0. The molecule has 2 radical (unpaired) electrons. The van der Waals surface area contributed by atoms with Crippen LogP contribution in [0.3, 0.4) is 0 Å². The van der Waals surface area contributed by atoms with Crippen molar-refractivity contribution >= 4 is 42.5 Å². The maximum Gasteiger partial charge on any atom is -0.0809 e. The average Bonchev–Trinajstić information content (AvgIpc) is 2.91. The SMILES string of the molecule is Cl.Cl.[CH3-].[CH3-].[NH-]C1CCCCC1.[Si]=[Zr].c1ccc2[cH-]ccc2c1. The standard InChI is InChI=1S/C9H7.C6H12N.2CH3.2ClH.Si.Zr/c1-2-5-9-7-3-6-8(9)4-1;7-6-4-2-1-3-5-6;;;;;;/h1-7H;6-7H,1-5H2;2*1H3;2*1H;;/q4*-1;;;;. The molecule has 1 aliphatic carbocycles. The first kappa shape index (κ1) is 30.4. The van der Waals surface area contributed by atoms with E-state index in [9.17, 15) is 0 Å². The van der Waals surface area contributed by atoms with Crippen molar-refractivity contribution in [1.29, 1.82) is 0 Å². The molecule has 0 saturated heterocycles. The molecule has 0 bridgehead atoms. The zero-order valence-corrected chi connectivity index (χ0v) is 18.6. The minimum Gasteiger partial charge on any atom is -0.168 e. The van der Waals surface area contributed by atoms with Crippen molar-refractivity contribution in [3.63, 3.8) is 0 Å². The molecule has 0 atom stereocenters. The van der Waals surface area contributed by atoms with Gasteiger partial charge < -0.3 is 20.6 Å². The molecule has 2 aromatic carbocycles. The number of fused-ring (bicyclic) bond motifs is 1. The third-order valence-electron chi connectivity index (χ3n) is 3.15. The van der Waals surface area contributed by atoms with Crippen molar-refractivity contribution in [2.75, 3.05) is 0 Å². The fourth-order valence-electron chi connectivity index (χ4n) is 2.17. The summed E-state index contributed by atoms with van der Waals surface area (Å²) in [5, 5.41) is 2.66. The van der Waals surface area contributed by atoms with Crippen LogP contribution in [0.5, 0.6) is 0 Å². The first-order valence-corrected chi connectivity index (χ1v) is 10.6. The van der Waals surface area contributed by atoms with Crippen LogP contribution in [0.15, 0.2) is 42.5 Å². The van der Waals surface area contributed by atoms with Crippen molar-refractivity contribution in [3.05, 3.63) is 63.1 Å². The smallest absolute Gasteiger partial charge is 0.0809 e. The zero-order valence-electron chi connectivity index (χ0n) is 13.5. The predicted molar refractivity (Wildman–Crippen MR) is 104 cm³/mol. The number of hydrogen-bond donors (Lipinski definition) is 0. The predicted octanol–water partition coefficient (Wildman–Crippen LogP) is 6.29. The number of nitrogens with one attached hydrogen (secondary N) is 1. The van der Waals surface area contributed by atoms with Crippen LogP contribution in [0.25, 0.3) is 16.5 Å². The molecule has 0 amide bonds. The third-order valence-corrected chi connectivity index (χ3v) is 3.15. The molecule has 1 fully saturated rings. The van der Waals surface area contributed by atoms with Crippen molar-refractivity contribution in [3.8, 4) is 0 Å².